The number of hydrogen-bond donors (Lipinski definition) is 2. The molecule has 0 aliphatic rings. The van der Waals surface area contributed by atoms with Crippen molar-refractivity contribution in [1.29, 1.82) is 0 Å². The molecule has 0 unspecified atom stereocenters. The van der Waals surface area contributed by atoms with Crippen molar-refractivity contribution in [3.05, 3.63) is 58.6 Å². The summed E-state index contributed by atoms with van der Waals surface area (Å²) in [6.07, 6.45) is 0.114. The minimum absolute atomic E-state index is 0.0571. The molecule has 114 valence electrons. The van der Waals surface area contributed by atoms with Crippen molar-refractivity contribution >= 4 is 46.4 Å². The minimum atomic E-state index is -0.276. The van der Waals surface area contributed by atoms with Crippen LogP contribution in [0.3, 0.4) is 0 Å². The lowest BCUT2D eigenvalue weighted by Gasteiger charge is -2.08. The van der Waals surface area contributed by atoms with Crippen molar-refractivity contribution in [3.63, 3.8) is 0 Å². The van der Waals surface area contributed by atoms with E-state index < -0.39 is 0 Å². The number of halogens is 2. The molecule has 0 spiro atoms. The van der Waals surface area contributed by atoms with Crippen molar-refractivity contribution in [1.82, 2.24) is 0 Å². The largest absolute Gasteiger partial charge is 0.325 e. The molecule has 0 saturated carbocycles. The Morgan fingerprint density at radius 3 is 1.45 bits per heavy atom. The summed E-state index contributed by atoms with van der Waals surface area (Å²) in [5.74, 6) is -0.551. The van der Waals surface area contributed by atoms with Crippen molar-refractivity contribution in [3.8, 4) is 0 Å². The smallest absolute Gasteiger partial charge is 0.224 e. The van der Waals surface area contributed by atoms with Crippen molar-refractivity contribution in [2.45, 2.75) is 12.8 Å². The van der Waals surface area contributed by atoms with Gasteiger partial charge in [0.05, 0.1) is 21.4 Å². The van der Waals surface area contributed by atoms with Crippen LogP contribution in [0.1, 0.15) is 12.8 Å². The molecule has 2 amide bonds. The van der Waals surface area contributed by atoms with Gasteiger partial charge in [0.1, 0.15) is 0 Å². The fourth-order valence-electron chi connectivity index (χ4n) is 1.78. The van der Waals surface area contributed by atoms with Gasteiger partial charge in [-0.25, -0.2) is 0 Å². The molecule has 0 saturated heterocycles. The number of rotatable bonds is 5. The van der Waals surface area contributed by atoms with Gasteiger partial charge in [-0.3, -0.25) is 9.59 Å². The first-order valence-corrected chi connectivity index (χ1v) is 7.40. The van der Waals surface area contributed by atoms with E-state index in [4.69, 9.17) is 23.2 Å². The average Bonchev–Trinajstić information content (AvgIpc) is 2.50. The van der Waals surface area contributed by atoms with E-state index in [1.165, 1.54) is 0 Å². The summed E-state index contributed by atoms with van der Waals surface area (Å²) >= 11 is 11.9. The molecule has 0 aromatic heterocycles. The number of nitrogens with one attached hydrogen (secondary N) is 2. The highest BCUT2D eigenvalue weighted by Crippen LogP contribution is 2.22. The summed E-state index contributed by atoms with van der Waals surface area (Å²) in [6.45, 7) is 0. The molecule has 0 heterocycles. The zero-order valence-electron chi connectivity index (χ0n) is 11.6. The fraction of sp³-hybridized carbons (Fsp3) is 0.125. The normalized spacial score (nSPS) is 10.1. The summed E-state index contributed by atoms with van der Waals surface area (Å²) in [5.41, 5.74) is 1.06. The second-order valence-corrected chi connectivity index (χ2v) is 5.37. The second-order valence-electron chi connectivity index (χ2n) is 4.56. The van der Waals surface area contributed by atoms with Crippen LogP contribution < -0.4 is 10.6 Å². The van der Waals surface area contributed by atoms with Gasteiger partial charge in [0.2, 0.25) is 11.8 Å². The maximum atomic E-state index is 11.8. The van der Waals surface area contributed by atoms with Crippen LogP contribution in [-0.4, -0.2) is 11.8 Å². The van der Waals surface area contributed by atoms with Gasteiger partial charge in [0.15, 0.2) is 0 Å². The van der Waals surface area contributed by atoms with Gasteiger partial charge in [-0.15, -0.1) is 0 Å². The molecule has 0 bridgehead atoms. The molecule has 2 aromatic carbocycles. The summed E-state index contributed by atoms with van der Waals surface area (Å²) in [4.78, 5) is 23.6. The number of benzene rings is 2. The molecular formula is C16H14Cl2N2O2. The van der Waals surface area contributed by atoms with E-state index in [9.17, 15) is 9.59 Å². The second kappa shape index (κ2) is 7.82. The average molecular weight is 337 g/mol. The van der Waals surface area contributed by atoms with Crippen LogP contribution >= 0.6 is 23.2 Å². The molecule has 2 N–H and O–H groups in total. The highest BCUT2D eigenvalue weighted by molar-refractivity contribution is 6.34. The van der Waals surface area contributed by atoms with Crippen molar-refractivity contribution < 1.29 is 9.59 Å². The monoisotopic (exact) mass is 336 g/mol. The third-order valence-electron chi connectivity index (χ3n) is 2.88. The van der Waals surface area contributed by atoms with Gasteiger partial charge in [0.25, 0.3) is 0 Å². The van der Waals surface area contributed by atoms with Crippen LogP contribution in [-0.2, 0) is 9.59 Å². The molecular weight excluding hydrogens is 323 g/mol. The molecule has 0 atom stereocenters. The zero-order valence-corrected chi connectivity index (χ0v) is 13.1. The lowest BCUT2D eigenvalue weighted by atomic mass is 10.2. The Labute approximate surface area is 138 Å². The third-order valence-corrected chi connectivity index (χ3v) is 3.53. The van der Waals surface area contributed by atoms with Gasteiger partial charge in [-0.2, -0.15) is 0 Å². The predicted octanol–water partition coefficient (Wildman–Crippen LogP) is 4.35. The molecule has 0 aliphatic heterocycles. The minimum Gasteiger partial charge on any atom is -0.325 e. The Kier molecular flexibility index (Phi) is 5.81. The standard InChI is InChI=1S/C16H14Cl2N2O2/c17-11-5-1-3-7-13(11)19-15(21)9-10-16(22)20-14-8-4-2-6-12(14)18/h1-8H,9-10H2,(H,19,21)(H,20,22). The summed E-state index contributed by atoms with van der Waals surface area (Å²) in [7, 11) is 0. The Hall–Kier alpha value is -2.04. The molecule has 0 radical (unpaired) electrons. The zero-order chi connectivity index (χ0) is 15.9. The SMILES string of the molecule is O=C(CCC(=O)Nc1ccccc1Cl)Nc1ccccc1Cl. The van der Waals surface area contributed by atoms with E-state index in [0.717, 1.165) is 0 Å². The topological polar surface area (TPSA) is 58.2 Å². The number of anilines is 2. The summed E-state index contributed by atoms with van der Waals surface area (Å²) < 4.78 is 0. The summed E-state index contributed by atoms with van der Waals surface area (Å²) in [5, 5.41) is 6.24. The van der Waals surface area contributed by atoms with Crippen LogP contribution in [0.5, 0.6) is 0 Å². The summed E-state index contributed by atoms with van der Waals surface area (Å²) in [6, 6.07) is 13.8. The van der Waals surface area contributed by atoms with Crippen LogP contribution in [0.4, 0.5) is 11.4 Å². The maximum Gasteiger partial charge on any atom is 0.224 e. The molecule has 4 nitrogen and oxygen atoms in total. The van der Waals surface area contributed by atoms with Crippen LogP contribution in [0.15, 0.2) is 48.5 Å². The van der Waals surface area contributed by atoms with E-state index in [1.807, 2.05) is 0 Å². The van der Waals surface area contributed by atoms with Crippen LogP contribution in [0.25, 0.3) is 0 Å². The first-order chi connectivity index (χ1) is 10.6. The van der Waals surface area contributed by atoms with Crippen molar-refractivity contribution in [2.75, 3.05) is 10.6 Å². The Balaban J connectivity index is 1.82. The highest BCUT2D eigenvalue weighted by atomic mass is 35.5. The van der Waals surface area contributed by atoms with E-state index in [1.54, 1.807) is 48.5 Å². The number of hydrogen-bond acceptors (Lipinski definition) is 2. The molecule has 6 heteroatoms. The number of amides is 2. The fourth-order valence-corrected chi connectivity index (χ4v) is 2.14. The van der Waals surface area contributed by atoms with E-state index in [-0.39, 0.29) is 24.7 Å². The number of para-hydroxylation sites is 2. The molecule has 2 aromatic rings. The molecule has 0 fully saturated rings. The number of carbonyl (C=O) groups excluding carboxylic acids is 2. The molecule has 0 aliphatic carbocycles. The van der Waals surface area contributed by atoms with E-state index in [0.29, 0.717) is 21.4 Å². The van der Waals surface area contributed by atoms with Crippen molar-refractivity contribution in [2.24, 2.45) is 0 Å². The first kappa shape index (κ1) is 16.3. The van der Waals surface area contributed by atoms with Gasteiger partial charge in [-0.05, 0) is 24.3 Å². The van der Waals surface area contributed by atoms with Gasteiger partial charge >= 0.3 is 0 Å². The van der Waals surface area contributed by atoms with Gasteiger partial charge in [0, 0.05) is 12.8 Å². The maximum absolute atomic E-state index is 11.8. The van der Waals surface area contributed by atoms with E-state index in [2.05, 4.69) is 10.6 Å². The molecule has 22 heavy (non-hydrogen) atoms. The molecule has 2 rings (SSSR count). The Morgan fingerprint density at radius 2 is 1.09 bits per heavy atom. The first-order valence-electron chi connectivity index (χ1n) is 6.65. The lowest BCUT2D eigenvalue weighted by molar-refractivity contribution is -0.121. The number of carbonyl (C=O) groups is 2. The van der Waals surface area contributed by atoms with Crippen LogP contribution in [0.2, 0.25) is 10.0 Å². The third kappa shape index (κ3) is 4.76. The Bertz CT molecular complexity index is 630. The quantitative estimate of drug-likeness (QED) is 0.852. The van der Waals surface area contributed by atoms with Gasteiger partial charge in [-0.1, -0.05) is 47.5 Å². The predicted molar refractivity (Wildman–Crippen MR) is 89.4 cm³/mol. The highest BCUT2D eigenvalue weighted by Gasteiger charge is 2.10. The van der Waals surface area contributed by atoms with Gasteiger partial charge < -0.3 is 10.6 Å². The van der Waals surface area contributed by atoms with E-state index >= 15 is 0 Å². The Morgan fingerprint density at radius 1 is 0.727 bits per heavy atom. The lowest BCUT2D eigenvalue weighted by Crippen LogP contribution is -2.17. The van der Waals surface area contributed by atoms with Crippen LogP contribution in [0, 0.1) is 0 Å².